The molecule has 0 saturated carbocycles. The Labute approximate surface area is 245 Å². The van der Waals surface area contributed by atoms with Crippen LogP contribution in [0.25, 0.3) is 0 Å². The third-order valence-corrected chi connectivity index (χ3v) is 13.8. The van der Waals surface area contributed by atoms with Gasteiger partial charge in [0.1, 0.15) is 0 Å². The van der Waals surface area contributed by atoms with Crippen molar-refractivity contribution >= 4 is 24.5 Å². The number of benzene rings is 3. The molecular formula is C35H43NO4Si. The Morgan fingerprint density at radius 3 is 2.12 bits per heavy atom. The first-order chi connectivity index (χ1) is 19.8. The number of nitrogens with zero attached hydrogens (tertiary/aromatic N) is 1. The molecule has 1 atom stereocenters. The Hall–Kier alpha value is -3.35. The van der Waals surface area contributed by atoms with E-state index in [0.29, 0.717) is 12.2 Å². The number of methoxy groups -OCH3 is 2. The van der Waals surface area contributed by atoms with Crippen molar-refractivity contribution in [2.24, 2.45) is 0 Å². The number of hydrogen-bond acceptors (Lipinski definition) is 5. The summed E-state index contributed by atoms with van der Waals surface area (Å²) in [6, 6.07) is 24.6. The summed E-state index contributed by atoms with van der Waals surface area (Å²) in [4.78, 5) is 28.0. The summed E-state index contributed by atoms with van der Waals surface area (Å²) >= 11 is 0. The van der Waals surface area contributed by atoms with Crippen LogP contribution in [0, 0.1) is 0 Å². The molecular weight excluding hydrogens is 526 g/mol. The zero-order valence-corrected chi connectivity index (χ0v) is 25.9. The first kappa shape index (κ1) is 29.1. The second-order valence-corrected chi connectivity index (χ2v) is 16.0. The Morgan fingerprint density at radius 1 is 0.902 bits per heavy atom. The number of hydrogen-bond donors (Lipinski definition) is 1. The predicted molar refractivity (Wildman–Crippen MR) is 168 cm³/mol. The van der Waals surface area contributed by atoms with Gasteiger partial charge in [-0.1, -0.05) is 87.4 Å². The summed E-state index contributed by atoms with van der Waals surface area (Å²) in [5.74, 6) is 1.71. The highest BCUT2D eigenvalue weighted by Gasteiger charge is 2.49. The molecule has 2 aliphatic heterocycles. The maximum Gasteiger partial charge on any atom is 0.258 e. The molecule has 5 rings (SSSR count). The van der Waals surface area contributed by atoms with Crippen molar-refractivity contribution in [1.29, 1.82) is 0 Å². The van der Waals surface area contributed by atoms with E-state index in [9.17, 15) is 9.59 Å². The minimum absolute atomic E-state index is 0.0641. The highest BCUT2D eigenvalue weighted by molar-refractivity contribution is 6.98. The Morgan fingerprint density at radius 2 is 1.51 bits per heavy atom. The number of Topliss-reactive ketones (excluding diaryl/α,β-unsaturated/α-hetero) is 1. The molecule has 0 aromatic heterocycles. The van der Waals surface area contributed by atoms with Gasteiger partial charge in [-0.3, -0.25) is 4.79 Å². The molecule has 41 heavy (non-hydrogen) atoms. The molecule has 2 heterocycles. The standard InChI is InChI=1S/C35H43NO4Si/c1-35(2,41(38,28-15-9-5-10-16-28)29-17-11-6-12-18-29)20-13-7-8-14-27-25-36-21-19-26-22-33(39-3)34(40-4)23-30(26)31(36)24-32(27)37/h5-6,9-12,15-18,22-23,25,31,38H,7-8,13-14,19-21,24H2,1-4H3/t31-/m1/s1. The molecule has 0 spiro atoms. The van der Waals surface area contributed by atoms with E-state index < -0.39 is 8.32 Å². The number of carbonyl (C=O) groups excluding carboxylic acids is 1. The lowest BCUT2D eigenvalue weighted by molar-refractivity contribution is -0.117. The fourth-order valence-corrected chi connectivity index (χ4v) is 10.5. The van der Waals surface area contributed by atoms with E-state index >= 15 is 0 Å². The lowest BCUT2D eigenvalue weighted by Gasteiger charge is -2.41. The van der Waals surface area contributed by atoms with E-state index in [1.165, 1.54) is 11.1 Å². The average Bonchev–Trinajstić information content (AvgIpc) is 3.00. The van der Waals surface area contributed by atoms with Crippen LogP contribution in [0.4, 0.5) is 0 Å². The molecule has 6 heteroatoms. The monoisotopic (exact) mass is 569 g/mol. The van der Waals surface area contributed by atoms with Crippen molar-refractivity contribution in [3.8, 4) is 11.5 Å². The van der Waals surface area contributed by atoms with Gasteiger partial charge >= 0.3 is 0 Å². The molecule has 0 amide bonds. The normalized spacial score (nSPS) is 17.0. The quantitative estimate of drug-likeness (QED) is 0.229. The van der Waals surface area contributed by atoms with E-state index in [-0.39, 0.29) is 16.9 Å². The predicted octanol–water partition coefficient (Wildman–Crippen LogP) is 5.94. The molecule has 5 nitrogen and oxygen atoms in total. The van der Waals surface area contributed by atoms with Crippen LogP contribution in [0.2, 0.25) is 5.04 Å². The van der Waals surface area contributed by atoms with Crippen LogP contribution in [0.3, 0.4) is 0 Å². The Bertz CT molecular complexity index is 1350. The second-order valence-electron chi connectivity index (χ2n) is 12.1. The third-order valence-electron chi connectivity index (χ3n) is 9.21. The summed E-state index contributed by atoms with van der Waals surface area (Å²) in [6.07, 6.45) is 8.32. The molecule has 0 bridgehead atoms. The zero-order chi connectivity index (χ0) is 29.0. The van der Waals surface area contributed by atoms with Crippen LogP contribution in [0.5, 0.6) is 11.5 Å². The van der Waals surface area contributed by atoms with Crippen molar-refractivity contribution < 1.29 is 19.1 Å². The lowest BCUT2D eigenvalue weighted by Crippen LogP contribution is -2.65. The minimum Gasteiger partial charge on any atom is -0.493 e. The van der Waals surface area contributed by atoms with Crippen LogP contribution in [-0.2, 0) is 11.2 Å². The van der Waals surface area contributed by atoms with Crippen molar-refractivity contribution in [3.63, 3.8) is 0 Å². The van der Waals surface area contributed by atoms with E-state index in [2.05, 4.69) is 55.3 Å². The highest BCUT2D eigenvalue weighted by Crippen LogP contribution is 2.43. The van der Waals surface area contributed by atoms with E-state index in [4.69, 9.17) is 9.47 Å². The number of allylic oxidation sites excluding steroid dienone is 1. The third kappa shape index (κ3) is 5.73. The molecule has 1 N–H and O–H groups in total. The zero-order valence-electron chi connectivity index (χ0n) is 24.9. The Balaban J connectivity index is 1.22. The van der Waals surface area contributed by atoms with Crippen molar-refractivity contribution in [2.75, 3.05) is 20.8 Å². The maximum atomic E-state index is 13.2. The molecule has 216 valence electrons. The SMILES string of the molecule is COc1cc2c(cc1OC)[C@H]1CC(=O)C(CCCCCC(C)(C)[Si](O)(c3ccccc3)c3ccccc3)=CN1CC2. The van der Waals surface area contributed by atoms with Gasteiger partial charge in [0.15, 0.2) is 17.3 Å². The molecule has 0 fully saturated rings. The largest absolute Gasteiger partial charge is 0.493 e. The summed E-state index contributed by atoms with van der Waals surface area (Å²) in [5, 5.41) is 1.87. The van der Waals surface area contributed by atoms with Crippen LogP contribution >= 0.6 is 0 Å². The van der Waals surface area contributed by atoms with Gasteiger partial charge in [-0.25, -0.2) is 0 Å². The molecule has 0 unspecified atom stereocenters. The van der Waals surface area contributed by atoms with E-state index in [1.54, 1.807) is 14.2 Å². The molecule has 0 radical (unpaired) electrons. The summed E-state index contributed by atoms with van der Waals surface area (Å²) in [5.41, 5.74) is 3.36. The summed E-state index contributed by atoms with van der Waals surface area (Å²) < 4.78 is 11.0. The fraction of sp³-hybridized carbons (Fsp3) is 0.400. The molecule has 3 aromatic rings. The number of fused-ring (bicyclic) bond motifs is 3. The first-order valence-electron chi connectivity index (χ1n) is 14.9. The van der Waals surface area contributed by atoms with Crippen molar-refractivity contribution in [2.45, 2.75) is 69.9 Å². The lowest BCUT2D eigenvalue weighted by atomic mass is 9.85. The first-order valence-corrected chi connectivity index (χ1v) is 16.8. The van der Waals surface area contributed by atoms with Crippen LogP contribution < -0.4 is 19.8 Å². The molecule has 0 aliphatic carbocycles. The van der Waals surface area contributed by atoms with Crippen molar-refractivity contribution in [1.82, 2.24) is 4.90 Å². The van der Waals surface area contributed by atoms with Gasteiger partial charge < -0.3 is 19.2 Å². The number of ether oxygens (including phenoxy) is 2. The maximum absolute atomic E-state index is 13.2. The number of ketones is 1. The van der Waals surface area contributed by atoms with Gasteiger partial charge in [0.2, 0.25) is 0 Å². The summed E-state index contributed by atoms with van der Waals surface area (Å²) in [7, 11) is 0.332. The van der Waals surface area contributed by atoms with Gasteiger partial charge in [0, 0.05) is 24.7 Å². The van der Waals surface area contributed by atoms with Gasteiger partial charge in [0.25, 0.3) is 8.32 Å². The molecule has 2 aliphatic rings. The fourth-order valence-electron chi connectivity index (χ4n) is 6.76. The number of carbonyl (C=O) groups is 1. The highest BCUT2D eigenvalue weighted by atomic mass is 28.4. The smallest absolute Gasteiger partial charge is 0.258 e. The van der Waals surface area contributed by atoms with E-state index in [1.807, 2.05) is 42.5 Å². The van der Waals surface area contributed by atoms with Gasteiger partial charge in [0.05, 0.1) is 20.3 Å². The summed E-state index contributed by atoms with van der Waals surface area (Å²) in [6.45, 7) is 5.36. The number of rotatable bonds is 11. The van der Waals surface area contributed by atoms with Gasteiger partial charge in [-0.15, -0.1) is 0 Å². The van der Waals surface area contributed by atoms with Gasteiger partial charge in [-0.05, 0) is 64.4 Å². The molecule has 0 saturated heterocycles. The number of unbranched alkanes of at least 4 members (excludes halogenated alkanes) is 2. The minimum atomic E-state index is -2.98. The van der Waals surface area contributed by atoms with Crippen molar-refractivity contribution in [3.05, 3.63) is 95.7 Å². The average molecular weight is 570 g/mol. The second kappa shape index (κ2) is 12.3. The van der Waals surface area contributed by atoms with E-state index in [0.717, 1.165) is 66.8 Å². The van der Waals surface area contributed by atoms with Crippen LogP contribution in [0.1, 0.15) is 69.5 Å². The van der Waals surface area contributed by atoms with Crippen LogP contribution in [0.15, 0.2) is 84.6 Å². The Kier molecular flexibility index (Phi) is 8.71. The van der Waals surface area contributed by atoms with Crippen LogP contribution in [-0.4, -0.2) is 44.6 Å². The molecule has 3 aromatic carbocycles. The van der Waals surface area contributed by atoms with Gasteiger partial charge in [-0.2, -0.15) is 0 Å². The topological polar surface area (TPSA) is 59.0 Å².